The van der Waals surface area contributed by atoms with Crippen molar-refractivity contribution in [3.8, 4) is 0 Å². The van der Waals surface area contributed by atoms with E-state index >= 15 is 0 Å². The van der Waals surface area contributed by atoms with Crippen LogP contribution in [0.1, 0.15) is 47.7 Å². The third-order valence-corrected chi connectivity index (χ3v) is 5.52. The number of pyridine rings is 1. The first-order chi connectivity index (χ1) is 11.9. The van der Waals surface area contributed by atoms with Gasteiger partial charge in [0.1, 0.15) is 0 Å². The van der Waals surface area contributed by atoms with Crippen LogP contribution in [0.5, 0.6) is 0 Å². The Kier molecular flexibility index (Phi) is 5.33. The fourth-order valence-corrected chi connectivity index (χ4v) is 4.62. The molecule has 3 rings (SSSR count). The third kappa shape index (κ3) is 4.16. The Bertz CT molecular complexity index is 843. The summed E-state index contributed by atoms with van der Waals surface area (Å²) in [5.74, 6) is 0.505. The highest BCUT2D eigenvalue weighted by Gasteiger charge is 2.17. The Hall–Kier alpha value is -2.00. The number of aryl methyl sites for hydroxylation is 3. The van der Waals surface area contributed by atoms with Crippen LogP contribution in [0.25, 0.3) is 0 Å². The molecule has 0 N–H and O–H groups in total. The lowest BCUT2D eigenvalue weighted by molar-refractivity contribution is 0.689. The summed E-state index contributed by atoms with van der Waals surface area (Å²) in [5.41, 5.74) is 6.66. The van der Waals surface area contributed by atoms with Gasteiger partial charge >= 0.3 is 0 Å². The molecule has 0 amide bonds. The molecule has 2 heterocycles. The molecule has 130 valence electrons. The first kappa shape index (κ1) is 17.8. The van der Waals surface area contributed by atoms with Crippen LogP contribution >= 0.6 is 11.8 Å². The zero-order valence-corrected chi connectivity index (χ0v) is 16.5. The molecule has 0 fully saturated rings. The number of aromatic nitrogens is 2. The lowest BCUT2D eigenvalue weighted by Crippen LogP contribution is -2.04. The van der Waals surface area contributed by atoms with Gasteiger partial charge < -0.3 is 4.57 Å². The molecule has 0 aliphatic heterocycles. The van der Waals surface area contributed by atoms with Gasteiger partial charge in [0.15, 0.2) is 0 Å². The van der Waals surface area contributed by atoms with Crippen LogP contribution in [0.4, 0.5) is 0 Å². The molecule has 0 atom stereocenters. The Morgan fingerprint density at radius 3 is 2.20 bits per heavy atom. The summed E-state index contributed by atoms with van der Waals surface area (Å²) >= 11 is 1.88. The largest absolute Gasteiger partial charge is 0.335 e. The zero-order chi connectivity index (χ0) is 18.0. The second kappa shape index (κ2) is 7.49. The van der Waals surface area contributed by atoms with Gasteiger partial charge in [-0.15, -0.1) is 0 Å². The molecule has 1 aromatic carbocycles. The first-order valence-electron chi connectivity index (χ1n) is 8.79. The van der Waals surface area contributed by atoms with Gasteiger partial charge in [-0.2, -0.15) is 0 Å². The highest BCUT2D eigenvalue weighted by Crippen LogP contribution is 2.37. The summed E-state index contributed by atoms with van der Waals surface area (Å²) in [6, 6.07) is 13.3. The number of hydrogen-bond donors (Lipinski definition) is 0. The molecule has 0 bridgehead atoms. The topological polar surface area (TPSA) is 17.8 Å². The van der Waals surface area contributed by atoms with Crippen LogP contribution in [0.3, 0.4) is 0 Å². The van der Waals surface area contributed by atoms with Crippen LogP contribution in [0.15, 0.2) is 58.7 Å². The SMILES string of the molecule is Cc1cc(C)cc(Sc2c(C(C)C)cc(C)n2Cc2ccncc2)c1. The van der Waals surface area contributed by atoms with E-state index in [-0.39, 0.29) is 0 Å². The number of rotatable bonds is 5. The summed E-state index contributed by atoms with van der Waals surface area (Å²) < 4.78 is 2.44. The second-order valence-electron chi connectivity index (χ2n) is 7.07. The van der Waals surface area contributed by atoms with Gasteiger partial charge in [0.25, 0.3) is 0 Å². The van der Waals surface area contributed by atoms with E-state index in [9.17, 15) is 0 Å². The molecule has 0 radical (unpaired) electrons. The normalized spacial score (nSPS) is 11.3. The van der Waals surface area contributed by atoms with Crippen molar-refractivity contribution in [1.29, 1.82) is 0 Å². The minimum Gasteiger partial charge on any atom is -0.335 e. The number of hydrogen-bond acceptors (Lipinski definition) is 2. The Morgan fingerprint density at radius 2 is 1.60 bits per heavy atom. The summed E-state index contributed by atoms with van der Waals surface area (Å²) in [4.78, 5) is 5.45. The lowest BCUT2D eigenvalue weighted by Gasteiger charge is -2.15. The predicted molar refractivity (Wildman–Crippen MR) is 107 cm³/mol. The number of benzene rings is 1. The minimum absolute atomic E-state index is 0.505. The zero-order valence-electron chi connectivity index (χ0n) is 15.7. The van der Waals surface area contributed by atoms with Gasteiger partial charge in [0.2, 0.25) is 0 Å². The molecule has 0 unspecified atom stereocenters. The maximum absolute atomic E-state index is 4.14. The molecule has 0 saturated heterocycles. The van der Waals surface area contributed by atoms with Crippen LogP contribution in [-0.4, -0.2) is 9.55 Å². The Labute approximate surface area is 155 Å². The van der Waals surface area contributed by atoms with Crippen molar-refractivity contribution in [2.24, 2.45) is 0 Å². The molecule has 0 spiro atoms. The van der Waals surface area contributed by atoms with E-state index in [1.54, 1.807) is 0 Å². The van der Waals surface area contributed by atoms with Crippen LogP contribution in [-0.2, 0) is 6.54 Å². The standard InChI is InChI=1S/C22H26N2S/c1-15(2)21-13-18(5)24(14-19-6-8-23-9-7-19)22(21)25-20-11-16(3)10-17(4)12-20/h6-13,15H,14H2,1-5H3. The smallest absolute Gasteiger partial charge is 0.0836 e. The monoisotopic (exact) mass is 350 g/mol. The van der Waals surface area contributed by atoms with Crippen LogP contribution in [0.2, 0.25) is 0 Å². The molecular weight excluding hydrogens is 324 g/mol. The highest BCUT2D eigenvalue weighted by molar-refractivity contribution is 7.99. The van der Waals surface area contributed by atoms with Gasteiger partial charge in [0.05, 0.1) is 5.03 Å². The summed E-state index contributed by atoms with van der Waals surface area (Å²) in [6.07, 6.45) is 3.74. The van der Waals surface area contributed by atoms with Gasteiger partial charge in [-0.1, -0.05) is 31.7 Å². The van der Waals surface area contributed by atoms with Gasteiger partial charge in [-0.05, 0) is 79.3 Å². The quantitative estimate of drug-likeness (QED) is 0.551. The fourth-order valence-electron chi connectivity index (χ4n) is 3.18. The molecule has 0 aliphatic carbocycles. The minimum atomic E-state index is 0.505. The van der Waals surface area contributed by atoms with Crippen molar-refractivity contribution in [3.63, 3.8) is 0 Å². The van der Waals surface area contributed by atoms with E-state index in [1.807, 2.05) is 24.2 Å². The molecule has 2 nitrogen and oxygen atoms in total. The first-order valence-corrected chi connectivity index (χ1v) is 9.60. The van der Waals surface area contributed by atoms with Crippen LogP contribution < -0.4 is 0 Å². The molecule has 25 heavy (non-hydrogen) atoms. The van der Waals surface area contributed by atoms with E-state index in [0.29, 0.717) is 5.92 Å². The summed E-state index contributed by atoms with van der Waals surface area (Å²) in [6.45, 7) is 12.0. The van der Waals surface area contributed by atoms with Crippen molar-refractivity contribution in [2.75, 3.05) is 0 Å². The summed E-state index contributed by atoms with van der Waals surface area (Å²) in [7, 11) is 0. The maximum atomic E-state index is 4.14. The van der Waals surface area contributed by atoms with Crippen molar-refractivity contribution in [3.05, 3.63) is 76.7 Å². The van der Waals surface area contributed by atoms with E-state index < -0.39 is 0 Å². The van der Waals surface area contributed by atoms with Crippen molar-refractivity contribution < 1.29 is 0 Å². The molecule has 3 heteroatoms. The van der Waals surface area contributed by atoms with Crippen LogP contribution in [0, 0.1) is 20.8 Å². The molecular formula is C22H26N2S. The van der Waals surface area contributed by atoms with Gasteiger partial charge in [-0.3, -0.25) is 4.98 Å². The predicted octanol–water partition coefficient (Wildman–Crippen LogP) is 6.13. The highest BCUT2D eigenvalue weighted by atomic mass is 32.2. The molecule has 0 aliphatic rings. The molecule has 2 aromatic heterocycles. The fraction of sp³-hybridized carbons (Fsp3) is 0.318. The Balaban J connectivity index is 2.03. The maximum Gasteiger partial charge on any atom is 0.0836 e. The van der Waals surface area contributed by atoms with Gasteiger partial charge in [-0.25, -0.2) is 0 Å². The van der Waals surface area contributed by atoms with E-state index in [4.69, 9.17) is 0 Å². The average molecular weight is 351 g/mol. The van der Waals surface area contributed by atoms with Crippen molar-refractivity contribution >= 4 is 11.8 Å². The van der Waals surface area contributed by atoms with E-state index in [2.05, 4.69) is 80.6 Å². The third-order valence-electron chi connectivity index (χ3n) is 4.40. The summed E-state index contributed by atoms with van der Waals surface area (Å²) in [5, 5.41) is 1.36. The van der Waals surface area contributed by atoms with E-state index in [0.717, 1.165) is 6.54 Å². The van der Waals surface area contributed by atoms with Crippen molar-refractivity contribution in [1.82, 2.24) is 9.55 Å². The van der Waals surface area contributed by atoms with E-state index in [1.165, 1.54) is 37.9 Å². The molecule has 3 aromatic rings. The average Bonchev–Trinajstić information content (AvgIpc) is 2.84. The number of nitrogens with zero attached hydrogens (tertiary/aromatic N) is 2. The Morgan fingerprint density at radius 1 is 0.960 bits per heavy atom. The van der Waals surface area contributed by atoms with Gasteiger partial charge in [0, 0.05) is 29.5 Å². The second-order valence-corrected chi connectivity index (χ2v) is 8.13. The molecule has 0 saturated carbocycles. The van der Waals surface area contributed by atoms with Crippen molar-refractivity contribution in [2.45, 2.75) is 57.0 Å². The lowest BCUT2D eigenvalue weighted by atomic mass is 10.1.